The summed E-state index contributed by atoms with van der Waals surface area (Å²) in [5.41, 5.74) is 8.36. The molecule has 19 nitrogen and oxygen atoms in total. The van der Waals surface area contributed by atoms with Crippen LogP contribution in [0.4, 0.5) is 9.59 Å². The van der Waals surface area contributed by atoms with Gasteiger partial charge in [0.15, 0.2) is 12.6 Å². The largest absolute Gasteiger partial charge is 0.508 e. The molecule has 2 amide bonds. The normalized spacial score (nSPS) is 24.5. The van der Waals surface area contributed by atoms with Gasteiger partial charge in [-0.1, -0.05) is 108 Å². The Morgan fingerprint density at radius 1 is 0.590 bits per heavy atom. The topological polar surface area (TPSA) is 226 Å². The summed E-state index contributed by atoms with van der Waals surface area (Å²) in [6.07, 6.45) is 1.30. The first kappa shape index (κ1) is 58.9. The molecule has 10 atom stereocenters. The number of benzene rings is 4. The Morgan fingerprint density at radius 3 is 1.60 bits per heavy atom. The van der Waals surface area contributed by atoms with Crippen LogP contribution in [0.15, 0.2) is 109 Å². The summed E-state index contributed by atoms with van der Waals surface area (Å²) in [7, 11) is 0. The van der Waals surface area contributed by atoms with Crippen molar-refractivity contribution in [3.63, 3.8) is 0 Å². The van der Waals surface area contributed by atoms with Crippen molar-refractivity contribution >= 4 is 12.2 Å². The van der Waals surface area contributed by atoms with Gasteiger partial charge in [0.2, 0.25) is 0 Å². The van der Waals surface area contributed by atoms with E-state index in [1.807, 2.05) is 66.7 Å². The lowest BCUT2D eigenvalue weighted by atomic mass is 10.0. The van der Waals surface area contributed by atoms with Gasteiger partial charge >= 0.3 is 12.2 Å². The molecule has 6 saturated heterocycles. The van der Waals surface area contributed by atoms with Gasteiger partial charge in [0, 0.05) is 39.5 Å². The molecule has 6 heterocycles. The summed E-state index contributed by atoms with van der Waals surface area (Å²) in [4.78, 5) is 37.6. The number of carbonyl (C=O) groups excluding carboxylic acids is 2. The molecule has 6 N–H and O–H groups in total. The summed E-state index contributed by atoms with van der Waals surface area (Å²) >= 11 is 0. The van der Waals surface area contributed by atoms with Crippen LogP contribution in [0.1, 0.15) is 66.3 Å². The van der Waals surface area contributed by atoms with E-state index in [1.165, 1.54) is 11.1 Å². The number of amides is 2. The number of hydrogen-bond donors (Lipinski definition) is 6. The molecule has 0 aromatic heterocycles. The first-order chi connectivity index (χ1) is 38.0. The number of rotatable bonds is 20. The highest BCUT2D eigenvalue weighted by Gasteiger charge is 2.45. The minimum absolute atomic E-state index is 0.0268. The highest BCUT2D eigenvalue weighted by molar-refractivity contribution is 5.68. The van der Waals surface area contributed by atoms with Gasteiger partial charge < -0.3 is 63.8 Å². The molecule has 10 rings (SSSR count). The smallest absolute Gasteiger partial charge is 0.407 e. The van der Waals surface area contributed by atoms with Gasteiger partial charge in [0.25, 0.3) is 0 Å². The zero-order chi connectivity index (χ0) is 54.5. The van der Waals surface area contributed by atoms with E-state index < -0.39 is 36.5 Å². The van der Waals surface area contributed by atoms with Gasteiger partial charge in [-0.15, -0.1) is 0 Å². The lowest BCUT2D eigenvalue weighted by Crippen LogP contribution is -2.51. The van der Waals surface area contributed by atoms with Crippen molar-refractivity contribution in [1.29, 1.82) is 0 Å². The average Bonchev–Trinajstić information content (AvgIpc) is 4.27. The molecule has 6 aliphatic heterocycles. The molecular formula is C59H80N4O15. The first-order valence-electron chi connectivity index (χ1n) is 27.6. The molecule has 6 aliphatic rings. The molecule has 78 heavy (non-hydrogen) atoms. The Hall–Kier alpha value is -5.26. The van der Waals surface area contributed by atoms with Crippen LogP contribution in [0.3, 0.4) is 0 Å². The summed E-state index contributed by atoms with van der Waals surface area (Å²) in [5.74, 6) is 0.257. The Morgan fingerprint density at radius 2 is 1.09 bits per heavy atom. The minimum Gasteiger partial charge on any atom is -0.508 e. The lowest BCUT2D eigenvalue weighted by molar-refractivity contribution is -0.231. The van der Waals surface area contributed by atoms with Crippen LogP contribution in [0.25, 0.3) is 0 Å². The molecule has 19 heteroatoms. The van der Waals surface area contributed by atoms with Crippen LogP contribution in [-0.2, 0) is 67.0 Å². The van der Waals surface area contributed by atoms with Gasteiger partial charge in [0.1, 0.15) is 18.0 Å². The number of nitrogens with zero attached hydrogens (tertiary/aromatic N) is 1. The number of aryl methyl sites for hydroxylation is 2. The molecular weight excluding hydrogens is 1000 g/mol. The van der Waals surface area contributed by atoms with Crippen molar-refractivity contribution in [3.8, 4) is 5.75 Å². The second-order valence-corrected chi connectivity index (χ2v) is 20.8. The van der Waals surface area contributed by atoms with E-state index in [9.17, 15) is 24.9 Å². The molecule has 4 aromatic rings. The number of aliphatic hydroxyl groups excluding tert-OH is 2. The van der Waals surface area contributed by atoms with Crippen LogP contribution in [0, 0.1) is 25.7 Å². The predicted molar refractivity (Wildman–Crippen MR) is 287 cm³/mol. The third-order valence-electron chi connectivity index (χ3n) is 14.6. The standard InChI is InChI=1S/C29H38N2O8.C22H32N2O7.C8H10/c32-22-8-4-7-21(15-22)17-31(39-23-9-12-35-13-10-23)18-26(33)25(16-20-5-2-1-3-6-20)30-29(34)38-27-19-37-28-24(27)11-14-36-28;25-19(13-23-31-16-6-9-27-10-7-16)18(12-15-4-2-1-3-5-15)24-22(26)30-20-14-29-21-17(20)8-11-28-21;1-7-4-3-5-8(2)6-7/h1-8,15,23-28,32-33H,9-14,16-19H2,(H,30,34);1-5,16-21,23,25H,6-14H2,(H,24,26);3-6H,1-2H3. The number of phenols is 1. The summed E-state index contributed by atoms with van der Waals surface area (Å²) in [6.45, 7) is 9.31. The third kappa shape index (κ3) is 19.0. The second-order valence-electron chi connectivity index (χ2n) is 20.8. The zero-order valence-corrected chi connectivity index (χ0v) is 44.9. The van der Waals surface area contributed by atoms with Crippen molar-refractivity contribution in [1.82, 2.24) is 21.2 Å². The SMILES string of the molecule is Cc1cccc(C)c1.O=C(NC(Cc1ccccc1)C(O)CN(Cc1cccc(O)c1)OC1CCOCC1)OC1COC2OCCC12.O=C(NC(Cc1ccccc1)C(O)CNOC1CCOCC1)OC1COC2OCCC12. The molecule has 0 spiro atoms. The van der Waals surface area contributed by atoms with Crippen molar-refractivity contribution in [2.75, 3.05) is 65.9 Å². The van der Waals surface area contributed by atoms with Crippen LogP contribution in [-0.4, -0.2) is 160 Å². The molecule has 6 fully saturated rings. The third-order valence-corrected chi connectivity index (χ3v) is 14.6. The number of alkyl carbamates (subject to hydrolysis) is 2. The molecule has 10 unspecified atom stereocenters. The van der Waals surface area contributed by atoms with Gasteiger partial charge in [-0.2, -0.15) is 10.5 Å². The van der Waals surface area contributed by atoms with Crippen molar-refractivity contribution in [2.24, 2.45) is 11.8 Å². The number of carbonyl (C=O) groups is 2. The maximum atomic E-state index is 13.0. The quantitative estimate of drug-likeness (QED) is 0.0541. The second kappa shape index (κ2) is 30.9. The van der Waals surface area contributed by atoms with Crippen LogP contribution in [0.5, 0.6) is 5.75 Å². The van der Waals surface area contributed by atoms with Crippen molar-refractivity contribution < 1.29 is 72.5 Å². The van der Waals surface area contributed by atoms with Crippen LogP contribution < -0.4 is 16.1 Å². The number of hydroxylamine groups is 3. The van der Waals surface area contributed by atoms with Gasteiger partial charge in [0.05, 0.1) is 81.3 Å². The Labute approximate surface area is 458 Å². The Kier molecular flexibility index (Phi) is 23.3. The average molecular weight is 1090 g/mol. The maximum Gasteiger partial charge on any atom is 0.407 e. The molecule has 0 aliphatic carbocycles. The molecule has 0 radical (unpaired) electrons. The zero-order valence-electron chi connectivity index (χ0n) is 44.9. The summed E-state index contributed by atoms with van der Waals surface area (Å²) in [5, 5.41) is 39.6. The number of aliphatic hydroxyl groups is 2. The number of aromatic hydroxyl groups is 1. The van der Waals surface area contributed by atoms with Gasteiger partial charge in [-0.25, -0.2) is 9.59 Å². The molecule has 426 valence electrons. The minimum atomic E-state index is -0.975. The molecule has 0 saturated carbocycles. The fourth-order valence-electron chi connectivity index (χ4n) is 10.4. The summed E-state index contributed by atoms with van der Waals surface area (Å²) < 4.78 is 44.3. The maximum absolute atomic E-state index is 13.0. The highest BCUT2D eigenvalue weighted by atomic mass is 16.7. The van der Waals surface area contributed by atoms with Crippen molar-refractivity contribution in [2.45, 2.75) is 133 Å². The van der Waals surface area contributed by atoms with Gasteiger partial charge in [-0.05, 0) is 94.0 Å². The monoisotopic (exact) mass is 1080 g/mol. The van der Waals surface area contributed by atoms with E-state index in [1.54, 1.807) is 23.3 Å². The van der Waals surface area contributed by atoms with Crippen LogP contribution >= 0.6 is 0 Å². The van der Waals surface area contributed by atoms with E-state index >= 15 is 0 Å². The van der Waals surface area contributed by atoms with E-state index in [-0.39, 0.29) is 67.7 Å². The lowest BCUT2D eigenvalue weighted by Gasteiger charge is -2.33. The number of phenolic OH excluding ortho intramolecular Hbond substituents is 1. The van der Waals surface area contributed by atoms with Crippen molar-refractivity contribution in [3.05, 3.63) is 137 Å². The number of hydrogen-bond acceptors (Lipinski definition) is 17. The van der Waals surface area contributed by atoms with Gasteiger partial charge in [-0.3, -0.25) is 9.68 Å². The fraction of sp³-hybridized carbons (Fsp3) is 0.559. The fourth-order valence-corrected chi connectivity index (χ4v) is 10.4. The summed E-state index contributed by atoms with van der Waals surface area (Å²) in [6, 6.07) is 33.6. The molecule has 0 bridgehead atoms. The Bertz CT molecular complexity index is 2360. The van der Waals surface area contributed by atoms with E-state index in [4.69, 9.17) is 47.6 Å². The molecule has 4 aromatic carbocycles. The van der Waals surface area contributed by atoms with Crippen LogP contribution in [0.2, 0.25) is 0 Å². The van der Waals surface area contributed by atoms with E-state index in [2.05, 4.69) is 54.2 Å². The Balaban J connectivity index is 0.000000183. The highest BCUT2D eigenvalue weighted by Crippen LogP contribution is 2.34. The number of ether oxygens (including phenoxy) is 8. The van der Waals surface area contributed by atoms with E-state index in [0.717, 1.165) is 55.2 Å². The number of fused-ring (bicyclic) bond motifs is 2. The first-order valence-corrected chi connectivity index (χ1v) is 27.6. The van der Waals surface area contributed by atoms with E-state index in [0.29, 0.717) is 72.2 Å². The predicted octanol–water partition coefficient (Wildman–Crippen LogP) is 6.21. The number of nitrogens with one attached hydrogen (secondary N) is 3.